The van der Waals surface area contributed by atoms with Gasteiger partial charge in [-0.2, -0.15) is 0 Å². The van der Waals surface area contributed by atoms with Crippen LogP contribution in [0.25, 0.3) is 0 Å². The fourth-order valence-corrected chi connectivity index (χ4v) is 2.15. The summed E-state index contributed by atoms with van der Waals surface area (Å²) in [5.41, 5.74) is 8.65. The minimum Gasteiger partial charge on any atom is -0.454 e. The molecule has 0 atom stereocenters. The van der Waals surface area contributed by atoms with E-state index in [1.165, 1.54) is 5.56 Å². The van der Waals surface area contributed by atoms with Gasteiger partial charge in [-0.1, -0.05) is 19.1 Å². The van der Waals surface area contributed by atoms with Crippen molar-refractivity contribution >= 4 is 17.3 Å². The van der Waals surface area contributed by atoms with Crippen LogP contribution in [-0.4, -0.2) is 12.7 Å². The molecule has 0 saturated carbocycles. The molecule has 2 aromatic rings. The van der Waals surface area contributed by atoms with Crippen molar-refractivity contribution in [1.29, 1.82) is 0 Å². The van der Waals surface area contributed by atoms with E-state index in [0.717, 1.165) is 6.42 Å². The first-order valence-electron chi connectivity index (χ1n) is 6.77. The summed E-state index contributed by atoms with van der Waals surface area (Å²) in [6.45, 7) is 2.24. The summed E-state index contributed by atoms with van der Waals surface area (Å²) in [7, 11) is 0. The van der Waals surface area contributed by atoms with Crippen LogP contribution in [0.1, 0.15) is 22.8 Å². The summed E-state index contributed by atoms with van der Waals surface area (Å²) in [6, 6.07) is 10.8. The second-order valence-corrected chi connectivity index (χ2v) is 4.80. The number of hydrogen-bond donors (Lipinski definition) is 2. The molecule has 3 N–H and O–H groups in total. The Morgan fingerprint density at radius 2 is 1.86 bits per heavy atom. The van der Waals surface area contributed by atoms with E-state index in [0.29, 0.717) is 28.4 Å². The minimum absolute atomic E-state index is 0.171. The quantitative estimate of drug-likeness (QED) is 0.850. The number of anilines is 2. The van der Waals surface area contributed by atoms with Crippen LogP contribution in [0, 0.1) is 0 Å². The largest absolute Gasteiger partial charge is 0.454 e. The number of carbonyl (C=O) groups excluding carboxylic acids is 1. The van der Waals surface area contributed by atoms with Crippen LogP contribution < -0.4 is 20.5 Å². The second-order valence-electron chi connectivity index (χ2n) is 4.80. The van der Waals surface area contributed by atoms with E-state index >= 15 is 0 Å². The minimum atomic E-state index is -0.205. The van der Waals surface area contributed by atoms with Crippen molar-refractivity contribution in [2.75, 3.05) is 17.8 Å². The first-order valence-corrected chi connectivity index (χ1v) is 6.77. The zero-order valence-electron chi connectivity index (χ0n) is 11.7. The van der Waals surface area contributed by atoms with Gasteiger partial charge in [-0.05, 0) is 24.1 Å². The Labute approximate surface area is 122 Å². The molecule has 2 aromatic carbocycles. The van der Waals surface area contributed by atoms with Crippen molar-refractivity contribution in [3.8, 4) is 11.5 Å². The normalized spacial score (nSPS) is 12.2. The first-order chi connectivity index (χ1) is 10.2. The third kappa shape index (κ3) is 2.63. The van der Waals surface area contributed by atoms with Crippen LogP contribution in [0.3, 0.4) is 0 Å². The van der Waals surface area contributed by atoms with Crippen molar-refractivity contribution in [2.24, 2.45) is 0 Å². The average Bonchev–Trinajstić information content (AvgIpc) is 2.94. The van der Waals surface area contributed by atoms with Crippen molar-refractivity contribution in [1.82, 2.24) is 0 Å². The number of fused-ring (bicyclic) bond motifs is 1. The van der Waals surface area contributed by atoms with Crippen molar-refractivity contribution in [3.05, 3.63) is 47.5 Å². The fraction of sp³-hybridized carbons (Fsp3) is 0.188. The maximum absolute atomic E-state index is 12.2. The van der Waals surface area contributed by atoms with Gasteiger partial charge in [-0.15, -0.1) is 0 Å². The lowest BCUT2D eigenvalue weighted by Crippen LogP contribution is -2.13. The van der Waals surface area contributed by atoms with Gasteiger partial charge in [0, 0.05) is 17.7 Å². The average molecular weight is 284 g/mol. The number of nitrogens with one attached hydrogen (secondary N) is 1. The molecule has 1 amide bonds. The van der Waals surface area contributed by atoms with Gasteiger partial charge in [0.2, 0.25) is 6.79 Å². The Hall–Kier alpha value is -2.69. The third-order valence-corrected chi connectivity index (χ3v) is 3.42. The van der Waals surface area contributed by atoms with Crippen LogP contribution in [-0.2, 0) is 6.42 Å². The molecule has 1 aliphatic heterocycles. The number of nitrogens with two attached hydrogens (primary N) is 1. The molecule has 0 unspecified atom stereocenters. The SMILES string of the molecule is CCc1ccc(C(=O)Nc2cc3c(cc2N)OCO3)cc1. The second kappa shape index (κ2) is 5.36. The van der Waals surface area contributed by atoms with Crippen LogP contribution in [0.15, 0.2) is 36.4 Å². The van der Waals surface area contributed by atoms with E-state index in [2.05, 4.69) is 12.2 Å². The van der Waals surface area contributed by atoms with Crippen LogP contribution in [0.2, 0.25) is 0 Å². The maximum atomic E-state index is 12.2. The number of ether oxygens (including phenoxy) is 2. The van der Waals surface area contributed by atoms with Crippen molar-refractivity contribution < 1.29 is 14.3 Å². The van der Waals surface area contributed by atoms with Gasteiger partial charge in [-0.3, -0.25) is 4.79 Å². The van der Waals surface area contributed by atoms with E-state index < -0.39 is 0 Å². The summed E-state index contributed by atoms with van der Waals surface area (Å²) in [5, 5.41) is 2.79. The van der Waals surface area contributed by atoms with E-state index in [1.54, 1.807) is 24.3 Å². The van der Waals surface area contributed by atoms with Crippen LogP contribution in [0.5, 0.6) is 11.5 Å². The van der Waals surface area contributed by atoms with E-state index in [4.69, 9.17) is 15.2 Å². The molecule has 1 heterocycles. The molecule has 0 bridgehead atoms. The predicted octanol–water partition coefficient (Wildman–Crippen LogP) is 2.81. The Morgan fingerprint density at radius 3 is 2.52 bits per heavy atom. The van der Waals surface area contributed by atoms with E-state index in [1.807, 2.05) is 12.1 Å². The Morgan fingerprint density at radius 1 is 1.19 bits per heavy atom. The number of rotatable bonds is 3. The molecule has 5 nitrogen and oxygen atoms in total. The van der Waals surface area contributed by atoms with Crippen LogP contribution >= 0.6 is 0 Å². The van der Waals surface area contributed by atoms with Gasteiger partial charge in [0.25, 0.3) is 5.91 Å². The van der Waals surface area contributed by atoms with Crippen molar-refractivity contribution in [2.45, 2.75) is 13.3 Å². The number of nitrogen functional groups attached to an aromatic ring is 1. The summed E-state index contributed by atoms with van der Waals surface area (Å²) < 4.78 is 10.5. The monoisotopic (exact) mass is 284 g/mol. The topological polar surface area (TPSA) is 73.6 Å². The number of aryl methyl sites for hydroxylation is 1. The molecule has 0 spiro atoms. The highest BCUT2D eigenvalue weighted by Crippen LogP contribution is 2.38. The van der Waals surface area contributed by atoms with E-state index in [-0.39, 0.29) is 12.7 Å². The Kier molecular flexibility index (Phi) is 3.39. The molecule has 3 rings (SSSR count). The Balaban J connectivity index is 1.81. The van der Waals surface area contributed by atoms with Gasteiger partial charge in [0.1, 0.15) is 0 Å². The zero-order valence-corrected chi connectivity index (χ0v) is 11.7. The summed E-state index contributed by atoms with van der Waals surface area (Å²) in [4.78, 5) is 12.2. The summed E-state index contributed by atoms with van der Waals surface area (Å²) in [5.74, 6) is 0.974. The first kappa shape index (κ1) is 13.3. The molecule has 1 aliphatic rings. The standard InChI is InChI=1S/C16H16N2O3/c1-2-10-3-5-11(6-4-10)16(19)18-13-8-15-14(7-12(13)17)20-9-21-15/h3-8H,2,9,17H2,1H3,(H,18,19). The lowest BCUT2D eigenvalue weighted by atomic mass is 10.1. The highest BCUT2D eigenvalue weighted by molar-refractivity contribution is 6.06. The molecule has 21 heavy (non-hydrogen) atoms. The van der Waals surface area contributed by atoms with Gasteiger partial charge in [0.15, 0.2) is 11.5 Å². The Bertz CT molecular complexity index is 681. The molecule has 0 fully saturated rings. The molecular formula is C16H16N2O3. The number of hydrogen-bond acceptors (Lipinski definition) is 4. The molecule has 0 radical (unpaired) electrons. The smallest absolute Gasteiger partial charge is 0.255 e. The zero-order chi connectivity index (χ0) is 14.8. The summed E-state index contributed by atoms with van der Waals surface area (Å²) >= 11 is 0. The maximum Gasteiger partial charge on any atom is 0.255 e. The molecule has 108 valence electrons. The lowest BCUT2D eigenvalue weighted by Gasteiger charge is -2.09. The molecule has 5 heteroatoms. The molecular weight excluding hydrogens is 268 g/mol. The van der Waals surface area contributed by atoms with Gasteiger partial charge in [-0.25, -0.2) is 0 Å². The van der Waals surface area contributed by atoms with Gasteiger partial charge >= 0.3 is 0 Å². The van der Waals surface area contributed by atoms with E-state index in [9.17, 15) is 4.79 Å². The summed E-state index contributed by atoms with van der Waals surface area (Å²) in [6.07, 6.45) is 0.941. The number of carbonyl (C=O) groups is 1. The highest BCUT2D eigenvalue weighted by Gasteiger charge is 2.17. The van der Waals surface area contributed by atoms with Crippen LogP contribution in [0.4, 0.5) is 11.4 Å². The number of benzene rings is 2. The lowest BCUT2D eigenvalue weighted by molar-refractivity contribution is 0.102. The highest BCUT2D eigenvalue weighted by atomic mass is 16.7. The van der Waals surface area contributed by atoms with Gasteiger partial charge < -0.3 is 20.5 Å². The van der Waals surface area contributed by atoms with Gasteiger partial charge in [0.05, 0.1) is 11.4 Å². The molecule has 0 aliphatic carbocycles. The number of amides is 1. The third-order valence-electron chi connectivity index (χ3n) is 3.42. The fourth-order valence-electron chi connectivity index (χ4n) is 2.15. The van der Waals surface area contributed by atoms with Crippen molar-refractivity contribution in [3.63, 3.8) is 0 Å². The predicted molar refractivity (Wildman–Crippen MR) is 80.8 cm³/mol. The molecule has 0 aromatic heterocycles. The molecule has 0 saturated heterocycles.